The summed E-state index contributed by atoms with van der Waals surface area (Å²) in [6, 6.07) is 10.4. The van der Waals surface area contributed by atoms with Crippen LogP contribution < -0.4 is 5.73 Å². The third-order valence-electron chi connectivity index (χ3n) is 3.14. The Morgan fingerprint density at radius 1 is 1.18 bits per heavy atom. The lowest BCUT2D eigenvalue weighted by atomic mass is 10.2. The highest BCUT2D eigenvalue weighted by Gasteiger charge is 2.23. The Morgan fingerprint density at radius 3 is 2.65 bits per heavy atom. The molecule has 0 bridgehead atoms. The number of nitrogens with two attached hydrogens (primary N) is 1. The fraction of sp³-hybridized carbons (Fsp3) is 0.571. The molecule has 1 aromatic carbocycles. The van der Waals surface area contributed by atoms with Gasteiger partial charge in [-0.15, -0.1) is 0 Å². The van der Waals surface area contributed by atoms with Gasteiger partial charge in [-0.3, -0.25) is 0 Å². The number of rotatable bonds is 6. The topological polar surface area (TPSA) is 44.5 Å². The van der Waals surface area contributed by atoms with Crippen LogP contribution in [0.15, 0.2) is 30.3 Å². The SMILES string of the molecule is NCC1CCC(COCCc2ccccc2)O1. The molecule has 1 aromatic rings. The van der Waals surface area contributed by atoms with E-state index in [9.17, 15) is 0 Å². The Balaban J connectivity index is 1.58. The quantitative estimate of drug-likeness (QED) is 0.764. The number of benzene rings is 1. The van der Waals surface area contributed by atoms with Crippen molar-refractivity contribution >= 4 is 0 Å². The van der Waals surface area contributed by atoms with E-state index in [1.54, 1.807) is 0 Å². The highest BCUT2D eigenvalue weighted by Crippen LogP contribution is 2.18. The summed E-state index contributed by atoms with van der Waals surface area (Å²) < 4.78 is 11.4. The van der Waals surface area contributed by atoms with Crippen LogP contribution in [0.4, 0.5) is 0 Å². The van der Waals surface area contributed by atoms with Gasteiger partial charge in [0, 0.05) is 6.54 Å². The third-order valence-corrected chi connectivity index (χ3v) is 3.14. The second-order valence-corrected chi connectivity index (χ2v) is 4.50. The van der Waals surface area contributed by atoms with E-state index in [2.05, 4.69) is 24.3 Å². The maximum absolute atomic E-state index is 5.71. The van der Waals surface area contributed by atoms with Gasteiger partial charge < -0.3 is 15.2 Å². The summed E-state index contributed by atoms with van der Waals surface area (Å²) in [4.78, 5) is 0. The summed E-state index contributed by atoms with van der Waals surface area (Å²) in [5.41, 5.74) is 6.88. The monoisotopic (exact) mass is 235 g/mol. The zero-order chi connectivity index (χ0) is 11.9. The van der Waals surface area contributed by atoms with E-state index in [0.717, 1.165) is 25.9 Å². The molecule has 2 unspecified atom stereocenters. The van der Waals surface area contributed by atoms with Crippen LogP contribution in [0.3, 0.4) is 0 Å². The van der Waals surface area contributed by atoms with E-state index in [1.165, 1.54) is 5.56 Å². The molecule has 2 atom stereocenters. The molecule has 0 aromatic heterocycles. The molecule has 2 rings (SSSR count). The molecule has 1 saturated heterocycles. The summed E-state index contributed by atoms with van der Waals surface area (Å²) >= 11 is 0. The fourth-order valence-electron chi connectivity index (χ4n) is 2.13. The van der Waals surface area contributed by atoms with Gasteiger partial charge in [0.25, 0.3) is 0 Å². The third kappa shape index (κ3) is 4.11. The lowest BCUT2D eigenvalue weighted by molar-refractivity contribution is -0.0112. The van der Waals surface area contributed by atoms with Crippen LogP contribution in [0.5, 0.6) is 0 Å². The van der Waals surface area contributed by atoms with E-state index < -0.39 is 0 Å². The van der Waals surface area contributed by atoms with Crippen molar-refractivity contribution < 1.29 is 9.47 Å². The number of hydrogen-bond donors (Lipinski definition) is 1. The number of hydrogen-bond acceptors (Lipinski definition) is 3. The van der Waals surface area contributed by atoms with Gasteiger partial charge in [-0.05, 0) is 24.8 Å². The molecule has 1 heterocycles. The van der Waals surface area contributed by atoms with Crippen LogP contribution in [0, 0.1) is 0 Å². The van der Waals surface area contributed by atoms with Crippen LogP contribution in [0.2, 0.25) is 0 Å². The Morgan fingerprint density at radius 2 is 1.94 bits per heavy atom. The molecule has 1 aliphatic rings. The normalized spacial score (nSPS) is 24.1. The minimum atomic E-state index is 0.248. The predicted octanol–water partition coefficient (Wildman–Crippen LogP) is 1.75. The molecule has 0 amide bonds. The van der Waals surface area contributed by atoms with Crippen LogP contribution >= 0.6 is 0 Å². The Labute approximate surface area is 103 Å². The van der Waals surface area contributed by atoms with Gasteiger partial charge in [0.05, 0.1) is 25.4 Å². The zero-order valence-electron chi connectivity index (χ0n) is 10.2. The van der Waals surface area contributed by atoms with Gasteiger partial charge in [0.15, 0.2) is 0 Å². The van der Waals surface area contributed by atoms with Crippen molar-refractivity contribution in [1.29, 1.82) is 0 Å². The van der Waals surface area contributed by atoms with Gasteiger partial charge in [-0.2, -0.15) is 0 Å². The Bertz CT molecular complexity index is 315. The molecule has 0 spiro atoms. The molecule has 3 heteroatoms. The van der Waals surface area contributed by atoms with Gasteiger partial charge in [-0.25, -0.2) is 0 Å². The molecule has 17 heavy (non-hydrogen) atoms. The first-order chi connectivity index (χ1) is 8.38. The molecule has 0 aliphatic carbocycles. The van der Waals surface area contributed by atoms with Crippen LogP contribution in [0.1, 0.15) is 18.4 Å². The standard InChI is InChI=1S/C14H21NO2/c15-10-13-6-7-14(17-13)11-16-9-8-12-4-2-1-3-5-12/h1-5,13-14H,6-11,15H2. The second kappa shape index (κ2) is 6.74. The van der Waals surface area contributed by atoms with Crippen molar-refractivity contribution in [3.05, 3.63) is 35.9 Å². The van der Waals surface area contributed by atoms with Gasteiger partial charge in [0.2, 0.25) is 0 Å². The predicted molar refractivity (Wildman–Crippen MR) is 67.9 cm³/mol. The molecule has 94 valence electrons. The Kier molecular flexibility index (Phi) is 4.98. The summed E-state index contributed by atoms with van der Waals surface area (Å²) in [5.74, 6) is 0. The summed E-state index contributed by atoms with van der Waals surface area (Å²) in [6.07, 6.45) is 3.61. The van der Waals surface area contributed by atoms with E-state index in [0.29, 0.717) is 13.2 Å². The van der Waals surface area contributed by atoms with Crippen molar-refractivity contribution in [1.82, 2.24) is 0 Å². The van der Waals surface area contributed by atoms with Crippen molar-refractivity contribution in [2.75, 3.05) is 19.8 Å². The molecule has 0 radical (unpaired) electrons. The van der Waals surface area contributed by atoms with Crippen molar-refractivity contribution in [3.8, 4) is 0 Å². The molecule has 3 nitrogen and oxygen atoms in total. The lowest BCUT2D eigenvalue weighted by Crippen LogP contribution is -2.23. The number of ether oxygens (including phenoxy) is 2. The molecular weight excluding hydrogens is 214 g/mol. The highest BCUT2D eigenvalue weighted by molar-refractivity contribution is 5.14. The first-order valence-electron chi connectivity index (χ1n) is 6.35. The van der Waals surface area contributed by atoms with Crippen LogP contribution in [0.25, 0.3) is 0 Å². The average Bonchev–Trinajstić information content (AvgIpc) is 2.84. The minimum absolute atomic E-state index is 0.248. The second-order valence-electron chi connectivity index (χ2n) is 4.50. The van der Waals surface area contributed by atoms with E-state index >= 15 is 0 Å². The summed E-state index contributed by atoms with van der Waals surface area (Å²) in [5, 5.41) is 0. The van der Waals surface area contributed by atoms with E-state index in [4.69, 9.17) is 15.2 Å². The first-order valence-corrected chi connectivity index (χ1v) is 6.35. The lowest BCUT2D eigenvalue weighted by Gasteiger charge is -2.12. The van der Waals surface area contributed by atoms with Crippen LogP contribution in [-0.2, 0) is 15.9 Å². The van der Waals surface area contributed by atoms with Crippen molar-refractivity contribution in [2.24, 2.45) is 5.73 Å². The minimum Gasteiger partial charge on any atom is -0.378 e. The molecule has 1 aliphatic heterocycles. The fourth-order valence-corrected chi connectivity index (χ4v) is 2.13. The van der Waals surface area contributed by atoms with Gasteiger partial charge in [0.1, 0.15) is 0 Å². The molecule has 2 N–H and O–H groups in total. The zero-order valence-corrected chi connectivity index (χ0v) is 10.2. The average molecular weight is 235 g/mol. The van der Waals surface area contributed by atoms with Crippen molar-refractivity contribution in [3.63, 3.8) is 0 Å². The van der Waals surface area contributed by atoms with Gasteiger partial charge in [-0.1, -0.05) is 30.3 Å². The summed E-state index contributed by atoms with van der Waals surface area (Å²) in [6.45, 7) is 2.08. The van der Waals surface area contributed by atoms with E-state index in [-0.39, 0.29) is 12.2 Å². The van der Waals surface area contributed by atoms with Gasteiger partial charge >= 0.3 is 0 Å². The molecule has 0 saturated carbocycles. The molecular formula is C14H21NO2. The van der Waals surface area contributed by atoms with E-state index in [1.807, 2.05) is 6.07 Å². The maximum atomic E-state index is 5.71. The summed E-state index contributed by atoms with van der Waals surface area (Å²) in [7, 11) is 0. The maximum Gasteiger partial charge on any atom is 0.0813 e. The Hall–Kier alpha value is -0.900. The highest BCUT2D eigenvalue weighted by atomic mass is 16.5. The van der Waals surface area contributed by atoms with Crippen molar-refractivity contribution in [2.45, 2.75) is 31.5 Å². The molecule has 1 fully saturated rings. The largest absolute Gasteiger partial charge is 0.378 e. The first kappa shape index (κ1) is 12.6. The van der Waals surface area contributed by atoms with Crippen LogP contribution in [-0.4, -0.2) is 32.0 Å². The smallest absolute Gasteiger partial charge is 0.0813 e.